The lowest BCUT2D eigenvalue weighted by Gasteiger charge is -2.29. The lowest BCUT2D eigenvalue weighted by Crippen LogP contribution is -2.49. The van der Waals surface area contributed by atoms with E-state index in [4.69, 9.17) is 21.1 Å². The number of carbonyl (C=O) groups is 1. The van der Waals surface area contributed by atoms with Crippen LogP contribution < -0.4 is 14.8 Å². The van der Waals surface area contributed by atoms with Gasteiger partial charge in [-0.05, 0) is 42.5 Å². The summed E-state index contributed by atoms with van der Waals surface area (Å²) in [4.78, 5) is 15.1. The highest BCUT2D eigenvalue weighted by molar-refractivity contribution is 6.31. The molecular formula is C21H21ClN2O3. The van der Waals surface area contributed by atoms with Crippen molar-refractivity contribution in [3.05, 3.63) is 58.1 Å². The molecule has 0 aromatic heterocycles. The molecule has 3 aliphatic heterocycles. The smallest absolute Gasteiger partial charge is 0.252 e. The Balaban J connectivity index is 1.33. The zero-order valence-corrected chi connectivity index (χ0v) is 15.7. The van der Waals surface area contributed by atoms with Crippen LogP contribution in [-0.4, -0.2) is 36.2 Å². The second kappa shape index (κ2) is 6.43. The number of fused-ring (bicyclic) bond motifs is 2. The molecule has 0 unspecified atom stereocenters. The molecule has 1 spiro atoms. The molecule has 1 N–H and O–H groups in total. The molecule has 5 rings (SSSR count). The third-order valence-corrected chi connectivity index (χ3v) is 6.23. The third kappa shape index (κ3) is 3.05. The molecule has 3 aliphatic rings. The number of nitrogens with one attached hydrogen (secondary N) is 1. The van der Waals surface area contributed by atoms with Gasteiger partial charge in [0, 0.05) is 36.3 Å². The number of amides is 1. The Morgan fingerprint density at radius 1 is 1.15 bits per heavy atom. The number of ether oxygens (including phenoxy) is 2. The SMILES string of the molecule is O=C1N[C@@]2(CCc3ccccc31)CCN(Cc1cc3c(cc1Cl)OCO3)C2. The fourth-order valence-corrected chi connectivity index (χ4v) is 4.64. The topological polar surface area (TPSA) is 50.8 Å². The Morgan fingerprint density at radius 3 is 2.85 bits per heavy atom. The zero-order valence-electron chi connectivity index (χ0n) is 15.0. The van der Waals surface area contributed by atoms with Gasteiger partial charge in [-0.25, -0.2) is 0 Å². The van der Waals surface area contributed by atoms with Crippen LogP contribution in [-0.2, 0) is 13.0 Å². The summed E-state index contributed by atoms with van der Waals surface area (Å²) in [6.45, 7) is 2.74. The van der Waals surface area contributed by atoms with Gasteiger partial charge in [0.25, 0.3) is 5.91 Å². The Kier molecular flexibility index (Phi) is 4.02. The summed E-state index contributed by atoms with van der Waals surface area (Å²) in [6.07, 6.45) is 2.84. The van der Waals surface area contributed by atoms with Crippen molar-refractivity contribution in [2.24, 2.45) is 0 Å². The van der Waals surface area contributed by atoms with Crippen molar-refractivity contribution >= 4 is 17.5 Å². The van der Waals surface area contributed by atoms with Gasteiger partial charge >= 0.3 is 0 Å². The zero-order chi connectivity index (χ0) is 18.4. The van der Waals surface area contributed by atoms with Gasteiger partial charge in [0.2, 0.25) is 6.79 Å². The second-order valence-electron chi connectivity index (χ2n) is 7.65. The Morgan fingerprint density at radius 2 is 1.96 bits per heavy atom. The first-order valence-electron chi connectivity index (χ1n) is 9.33. The molecule has 0 saturated carbocycles. The average Bonchev–Trinajstić information content (AvgIpc) is 3.24. The van der Waals surface area contributed by atoms with Crippen LogP contribution in [0.3, 0.4) is 0 Å². The van der Waals surface area contributed by atoms with Crippen molar-refractivity contribution in [3.8, 4) is 11.5 Å². The number of aryl methyl sites for hydroxylation is 1. The molecule has 140 valence electrons. The first kappa shape index (κ1) is 16.9. The van der Waals surface area contributed by atoms with E-state index in [2.05, 4.69) is 16.3 Å². The lowest BCUT2D eigenvalue weighted by molar-refractivity contribution is 0.0902. The summed E-state index contributed by atoms with van der Waals surface area (Å²) in [6, 6.07) is 11.7. The van der Waals surface area contributed by atoms with Crippen LogP contribution in [0.25, 0.3) is 0 Å². The van der Waals surface area contributed by atoms with E-state index < -0.39 is 0 Å². The third-order valence-electron chi connectivity index (χ3n) is 5.88. The second-order valence-corrected chi connectivity index (χ2v) is 8.06. The maximum Gasteiger partial charge on any atom is 0.252 e. The highest BCUT2D eigenvalue weighted by Crippen LogP contribution is 2.38. The Hall–Kier alpha value is -2.24. The number of likely N-dealkylation sites (tertiary alicyclic amines) is 1. The molecule has 6 heteroatoms. The minimum atomic E-state index is -0.168. The molecule has 2 aromatic rings. The maximum absolute atomic E-state index is 12.7. The van der Waals surface area contributed by atoms with Crippen LogP contribution >= 0.6 is 11.6 Å². The van der Waals surface area contributed by atoms with Gasteiger partial charge in [-0.3, -0.25) is 9.69 Å². The molecule has 3 heterocycles. The fourth-order valence-electron chi connectivity index (χ4n) is 4.43. The number of hydrogen-bond acceptors (Lipinski definition) is 4. The van der Waals surface area contributed by atoms with Gasteiger partial charge in [0.1, 0.15) is 0 Å². The van der Waals surface area contributed by atoms with Crippen LogP contribution in [0.2, 0.25) is 5.02 Å². The first-order chi connectivity index (χ1) is 13.1. The standard InChI is InChI=1S/C21H21ClN2O3/c22-17-10-19-18(26-13-27-19)9-15(17)11-24-8-7-21(12-24)6-5-14-3-1-2-4-16(14)20(25)23-21/h1-4,9-10H,5-8,11-13H2,(H,23,25)/t21-/m0/s1. The van der Waals surface area contributed by atoms with Crippen molar-refractivity contribution in [1.29, 1.82) is 0 Å². The number of benzene rings is 2. The minimum absolute atomic E-state index is 0.0473. The molecule has 0 radical (unpaired) electrons. The van der Waals surface area contributed by atoms with Gasteiger partial charge < -0.3 is 14.8 Å². The molecule has 0 aliphatic carbocycles. The van der Waals surface area contributed by atoms with Crippen LogP contribution in [0.4, 0.5) is 0 Å². The highest BCUT2D eigenvalue weighted by atomic mass is 35.5. The molecule has 1 saturated heterocycles. The van der Waals surface area contributed by atoms with E-state index in [-0.39, 0.29) is 18.2 Å². The number of rotatable bonds is 2. The predicted octanol–water partition coefficient (Wildman–Crippen LogP) is 3.39. The van der Waals surface area contributed by atoms with Gasteiger partial charge in [-0.15, -0.1) is 0 Å². The van der Waals surface area contributed by atoms with E-state index in [0.29, 0.717) is 10.8 Å². The highest BCUT2D eigenvalue weighted by Gasteiger charge is 2.41. The van der Waals surface area contributed by atoms with Crippen LogP contribution in [0.5, 0.6) is 11.5 Å². The molecule has 5 nitrogen and oxygen atoms in total. The van der Waals surface area contributed by atoms with E-state index >= 15 is 0 Å². The lowest BCUT2D eigenvalue weighted by atomic mass is 9.91. The molecule has 1 fully saturated rings. The van der Waals surface area contributed by atoms with Crippen LogP contribution in [0, 0.1) is 0 Å². The molecule has 0 bridgehead atoms. The van der Waals surface area contributed by atoms with Gasteiger partial charge in [0.15, 0.2) is 11.5 Å². The summed E-state index contributed by atoms with van der Waals surface area (Å²) in [5.41, 5.74) is 2.82. The molecule has 2 aromatic carbocycles. The predicted molar refractivity (Wildman–Crippen MR) is 102 cm³/mol. The summed E-state index contributed by atoms with van der Waals surface area (Å²) in [7, 11) is 0. The number of hydrogen-bond donors (Lipinski definition) is 1. The van der Waals surface area contributed by atoms with Crippen molar-refractivity contribution in [2.75, 3.05) is 19.9 Å². The number of nitrogens with zero attached hydrogens (tertiary/aromatic N) is 1. The van der Waals surface area contributed by atoms with Gasteiger partial charge in [0.05, 0.1) is 5.54 Å². The maximum atomic E-state index is 12.7. The van der Waals surface area contributed by atoms with E-state index in [1.165, 1.54) is 0 Å². The fraction of sp³-hybridized carbons (Fsp3) is 0.381. The summed E-state index contributed by atoms with van der Waals surface area (Å²) < 4.78 is 10.9. The Bertz CT molecular complexity index is 916. The molecule has 1 atom stereocenters. The van der Waals surface area contributed by atoms with Gasteiger partial charge in [-0.2, -0.15) is 0 Å². The number of carbonyl (C=O) groups excluding carboxylic acids is 1. The first-order valence-corrected chi connectivity index (χ1v) is 9.71. The van der Waals surface area contributed by atoms with E-state index in [0.717, 1.165) is 61.3 Å². The van der Waals surface area contributed by atoms with Crippen molar-refractivity contribution in [1.82, 2.24) is 10.2 Å². The summed E-state index contributed by atoms with van der Waals surface area (Å²) >= 11 is 6.44. The van der Waals surface area contributed by atoms with E-state index in [1.807, 2.05) is 30.3 Å². The van der Waals surface area contributed by atoms with Crippen LogP contribution in [0.15, 0.2) is 36.4 Å². The Labute approximate surface area is 163 Å². The number of halogens is 1. The van der Waals surface area contributed by atoms with E-state index in [1.54, 1.807) is 0 Å². The largest absolute Gasteiger partial charge is 0.454 e. The van der Waals surface area contributed by atoms with Crippen molar-refractivity contribution < 1.29 is 14.3 Å². The average molecular weight is 385 g/mol. The summed E-state index contributed by atoms with van der Waals surface area (Å²) in [5, 5.41) is 4.02. The monoisotopic (exact) mass is 384 g/mol. The van der Waals surface area contributed by atoms with E-state index in [9.17, 15) is 4.79 Å². The normalized spacial score (nSPS) is 24.0. The van der Waals surface area contributed by atoms with Crippen molar-refractivity contribution in [2.45, 2.75) is 31.3 Å². The van der Waals surface area contributed by atoms with Crippen molar-refractivity contribution in [3.63, 3.8) is 0 Å². The van der Waals surface area contributed by atoms with Crippen LogP contribution in [0.1, 0.15) is 34.3 Å². The molecule has 1 amide bonds. The van der Waals surface area contributed by atoms with Gasteiger partial charge in [-0.1, -0.05) is 29.8 Å². The quantitative estimate of drug-likeness (QED) is 0.862. The summed E-state index contributed by atoms with van der Waals surface area (Å²) in [5.74, 6) is 1.50. The molecule has 27 heavy (non-hydrogen) atoms. The molecular weight excluding hydrogens is 364 g/mol. The minimum Gasteiger partial charge on any atom is -0.454 e.